The second-order valence-corrected chi connectivity index (χ2v) is 0. The molecule has 0 aromatic carbocycles. The fourth-order valence-electron chi connectivity index (χ4n) is 0. The molecule has 0 atom stereocenters. The molecule has 0 bridgehead atoms. The van der Waals surface area contributed by atoms with Crippen LogP contribution >= 0.6 is 0 Å². The van der Waals surface area contributed by atoms with E-state index in [0.717, 1.165) is 0 Å². The third-order valence-corrected chi connectivity index (χ3v) is 0. The SMILES string of the molecule is [Ce].[Cr].[Dy].[Er].[Hf].[In].[La].[Mo].[Nb].[Nd].[Re].[Sc].[Si].[Sn].[Tb].[Th].[W].[Zn].[Zr]. The molecular weight excluding hydrogens is 2400 g/mol. The van der Waals surface area contributed by atoms with Gasteiger partial charge in [-0.2, -0.15) is 0 Å². The maximum absolute atomic E-state index is 0. The van der Waals surface area contributed by atoms with Crippen molar-refractivity contribution in [2.24, 2.45) is 0 Å². The summed E-state index contributed by atoms with van der Waals surface area (Å²) in [6, 6.07) is 0. The number of hydrogen-bond donors (Lipinski definition) is 0. The van der Waals surface area contributed by atoms with Crippen molar-refractivity contribution < 1.29 is 472 Å². The maximum Gasteiger partial charge on any atom is 0 e. The maximum atomic E-state index is 0. The molecule has 0 aliphatic carbocycles. The van der Waals surface area contributed by atoms with Crippen molar-refractivity contribution in [3.05, 3.63) is 0 Å². The van der Waals surface area contributed by atoms with Gasteiger partial charge in [0.15, 0.2) is 0 Å². The van der Waals surface area contributed by atoms with E-state index in [-0.39, 0.29) is 533 Å². The van der Waals surface area contributed by atoms with Crippen molar-refractivity contribution in [1.29, 1.82) is 0 Å². The summed E-state index contributed by atoms with van der Waals surface area (Å²) in [5.41, 5.74) is 0. The standard InChI is InChI=1S/Ce.Cr.Dy.Er.Hf.In.La.Mo.Nb.Nd.Re.Sc.Si.Sn.Tb.Th.W.Zn.Zr. The summed E-state index contributed by atoms with van der Waals surface area (Å²) in [6.45, 7) is 0. The van der Waals surface area contributed by atoms with Gasteiger partial charge in [-0.3, -0.25) is 0 Å². The zero-order valence-electron chi connectivity index (χ0n) is 8.93. The van der Waals surface area contributed by atoms with Crippen LogP contribution in [0.1, 0.15) is 0 Å². The molecule has 19 heteroatoms. The molecule has 0 heterocycles. The predicted molar refractivity (Wildman–Crippen MR) is 17.3 cm³/mol. The molecule has 0 saturated carbocycles. The van der Waals surface area contributed by atoms with Crippen LogP contribution in [0.4, 0.5) is 0 Å². The van der Waals surface area contributed by atoms with Gasteiger partial charge in [-0.05, 0) is 0 Å². The topological polar surface area (TPSA) is 0 Å². The Hall–Kier alpha value is 17.5. The molecule has 0 N–H and O–H groups in total. The van der Waals surface area contributed by atoms with Gasteiger partial charge in [0.2, 0.25) is 0 Å². The Morgan fingerprint density at radius 3 is 1.00 bits per heavy atom. The van der Waals surface area contributed by atoms with Crippen molar-refractivity contribution >= 4 is 60.7 Å². The molecule has 100 valence electrons. The minimum atomic E-state index is 0. The fourth-order valence-corrected chi connectivity index (χ4v) is 0. The van der Waals surface area contributed by atoms with E-state index >= 15 is 0 Å². The summed E-state index contributed by atoms with van der Waals surface area (Å²) in [4.78, 5) is 0. The van der Waals surface area contributed by atoms with E-state index in [9.17, 15) is 0 Å². The van der Waals surface area contributed by atoms with E-state index in [4.69, 9.17) is 0 Å². The molecule has 0 aliphatic heterocycles. The van der Waals surface area contributed by atoms with E-state index in [1.165, 1.54) is 0 Å². The third-order valence-electron chi connectivity index (χ3n) is 0. The average molecular weight is 2400 g/mol. The van der Waals surface area contributed by atoms with Crippen molar-refractivity contribution in [1.82, 2.24) is 0 Å². The first-order valence-corrected chi connectivity index (χ1v) is 0. The molecule has 19 heavy (non-hydrogen) atoms. The predicted octanol–water partition coefficient (Wildman–Crippen LogP) is -1.16. The van der Waals surface area contributed by atoms with Crippen molar-refractivity contribution in [2.75, 3.05) is 0 Å². The number of rotatable bonds is 0. The molecule has 0 rings (SSSR count). The largest absolute Gasteiger partial charge is 0 e. The first kappa shape index (κ1) is 150. The van der Waals surface area contributed by atoms with Crippen LogP contribution in [0.2, 0.25) is 0 Å². The summed E-state index contributed by atoms with van der Waals surface area (Å²) in [5.74, 6) is 0. The normalized spacial score (nSPS) is 0. The summed E-state index contributed by atoms with van der Waals surface area (Å²) >= 11 is 0. The molecule has 0 aromatic heterocycles. The second-order valence-electron chi connectivity index (χ2n) is 0. The van der Waals surface area contributed by atoms with E-state index in [2.05, 4.69) is 0 Å². The van der Waals surface area contributed by atoms with E-state index in [1.54, 1.807) is 0 Å². The second kappa shape index (κ2) is 138. The molecule has 0 amide bonds. The minimum Gasteiger partial charge on any atom is 0 e. The first-order chi connectivity index (χ1) is 0. The van der Waals surface area contributed by atoms with Crippen LogP contribution in [0.5, 0.6) is 0 Å². The summed E-state index contributed by atoms with van der Waals surface area (Å²) in [7, 11) is 0. The quantitative estimate of drug-likeness (QED) is 0.269. The van der Waals surface area contributed by atoms with Crippen LogP contribution in [0.25, 0.3) is 0 Å². The van der Waals surface area contributed by atoms with Gasteiger partial charge in [-0.1, -0.05) is 0 Å². The van der Waals surface area contributed by atoms with E-state index in [1.807, 2.05) is 0 Å². The van der Waals surface area contributed by atoms with Crippen LogP contribution in [0, 0.1) is 272 Å². The Morgan fingerprint density at radius 1 is 1.00 bits per heavy atom. The van der Waals surface area contributed by atoms with Crippen LogP contribution < -0.4 is 0 Å². The van der Waals surface area contributed by atoms with Gasteiger partial charge < -0.3 is 0 Å². The molecule has 0 saturated heterocycles. The minimum absolute atomic E-state index is 0. The first-order valence-electron chi connectivity index (χ1n) is 0. The zero-order valence-corrected chi connectivity index (χ0v) is 58.1. The molecule has 0 unspecified atom stereocenters. The Kier molecular flexibility index (Phi) is 1090. The van der Waals surface area contributed by atoms with Crippen LogP contribution in [-0.2, 0) is 200 Å². The van der Waals surface area contributed by atoms with Gasteiger partial charge >= 0.3 is 0 Å². The van der Waals surface area contributed by atoms with E-state index < -0.39 is 0 Å². The zero-order chi connectivity index (χ0) is 0. The molecule has 0 fully saturated rings. The molecule has 0 nitrogen and oxygen atoms in total. The van der Waals surface area contributed by atoms with E-state index in [0.29, 0.717) is 0 Å². The number of hydrogen-bond acceptors (Lipinski definition) is 0. The van der Waals surface area contributed by atoms with Crippen molar-refractivity contribution in [2.45, 2.75) is 0 Å². The molecule has 0 aliphatic rings. The van der Waals surface area contributed by atoms with Crippen LogP contribution in [0.15, 0.2) is 0 Å². The van der Waals surface area contributed by atoms with Crippen LogP contribution in [0.3, 0.4) is 0 Å². The molecule has 0 spiro atoms. The van der Waals surface area contributed by atoms with Gasteiger partial charge in [0, 0.05) is 533 Å². The van der Waals surface area contributed by atoms with Gasteiger partial charge in [-0.25, -0.2) is 0 Å². The van der Waals surface area contributed by atoms with Crippen molar-refractivity contribution in [3.8, 4) is 0 Å². The van der Waals surface area contributed by atoms with Gasteiger partial charge in [0.05, 0.1) is 0 Å². The third kappa shape index (κ3) is 130. The Morgan fingerprint density at radius 2 is 1.00 bits per heavy atom. The average Bonchev–Trinajstić information content (AvgIpc) is 0. The van der Waals surface area contributed by atoms with Gasteiger partial charge in [0.25, 0.3) is 0 Å². The molecule has 0 aromatic rings. The molecular formula is CeCrDyErHfInLaMoNbNdReScSiSnTbThWZnZr. The Balaban J connectivity index is 0. The Labute approximate surface area is 514 Å². The fraction of sp³-hybridized carbons (Fsp3) is 0. The van der Waals surface area contributed by atoms with Crippen LogP contribution in [-0.4, -0.2) is 60.7 Å². The summed E-state index contributed by atoms with van der Waals surface area (Å²) in [6.07, 6.45) is 0. The van der Waals surface area contributed by atoms with Gasteiger partial charge in [-0.15, -0.1) is 0 Å². The molecule has 16 radical (unpaired) electrons. The monoisotopic (exact) mass is 2400 g/mol. The summed E-state index contributed by atoms with van der Waals surface area (Å²) in [5, 5.41) is 0. The van der Waals surface area contributed by atoms with Crippen molar-refractivity contribution in [3.63, 3.8) is 0 Å². The smallest absolute Gasteiger partial charge is 0 e. The van der Waals surface area contributed by atoms with Gasteiger partial charge in [0.1, 0.15) is 0 Å². The Bertz CT molecular complexity index is 80.7. The summed E-state index contributed by atoms with van der Waals surface area (Å²) < 4.78 is 0.